The molecule has 4 fully saturated rings. The van der Waals surface area contributed by atoms with E-state index in [4.69, 9.17) is 9.47 Å². The molecular weight excluding hydrogens is 410 g/mol. The first-order valence-corrected chi connectivity index (χ1v) is 10.9. The van der Waals surface area contributed by atoms with Gasteiger partial charge in [-0.3, -0.25) is 0 Å². The van der Waals surface area contributed by atoms with E-state index in [0.717, 1.165) is 0 Å². The van der Waals surface area contributed by atoms with Crippen LogP contribution in [-0.2, 0) is 14.3 Å². The van der Waals surface area contributed by atoms with E-state index in [1.165, 1.54) is 18.2 Å². The van der Waals surface area contributed by atoms with Crippen LogP contribution in [0.1, 0.15) is 47.0 Å². The predicted octanol–water partition coefficient (Wildman–Crippen LogP) is 2.68. The summed E-state index contributed by atoms with van der Waals surface area (Å²) in [6.45, 7) is 6.55. The molecule has 3 N–H and O–H groups in total. The molecule has 5 aliphatic rings. The minimum absolute atomic E-state index is 0.142. The zero-order valence-corrected chi connectivity index (χ0v) is 18.1. The Kier molecular flexibility index (Phi) is 4.13. The third-order valence-electron chi connectivity index (χ3n) is 9.04. The number of halogens is 2. The van der Waals surface area contributed by atoms with Crippen LogP contribution in [0.15, 0.2) is 23.8 Å². The van der Waals surface area contributed by atoms with Gasteiger partial charge < -0.3 is 24.8 Å². The molecule has 0 aromatic heterocycles. The molecule has 1 unspecified atom stereocenters. The van der Waals surface area contributed by atoms with Crippen molar-refractivity contribution in [2.24, 2.45) is 22.7 Å². The summed E-state index contributed by atoms with van der Waals surface area (Å²) in [6.07, 6.45) is -0.787. The Bertz CT molecular complexity index is 902. The van der Waals surface area contributed by atoms with Gasteiger partial charge in [0, 0.05) is 16.7 Å². The van der Waals surface area contributed by atoms with Crippen LogP contribution in [0.5, 0.6) is 0 Å². The lowest BCUT2D eigenvalue weighted by molar-refractivity contribution is -0.253. The number of aliphatic carboxylic acids is 1. The number of carbonyl (C=O) groups is 1. The van der Waals surface area contributed by atoms with Crippen molar-refractivity contribution in [3.63, 3.8) is 0 Å². The highest BCUT2D eigenvalue weighted by molar-refractivity contribution is 5.81. The van der Waals surface area contributed by atoms with E-state index in [0.29, 0.717) is 0 Å². The quantitative estimate of drug-likeness (QED) is 0.543. The smallest absolute Gasteiger partial charge is 0.339 e. The Morgan fingerprint density at radius 1 is 1.16 bits per heavy atom. The molecule has 31 heavy (non-hydrogen) atoms. The normalized spacial score (nSPS) is 56.8. The molecule has 1 aliphatic heterocycles. The monoisotopic (exact) mass is 440 g/mol. The van der Waals surface area contributed by atoms with E-state index in [2.05, 4.69) is 0 Å². The van der Waals surface area contributed by atoms with Gasteiger partial charge in [0.15, 0.2) is 17.1 Å². The Hall–Kier alpha value is -1.35. The fourth-order valence-electron chi connectivity index (χ4n) is 7.79. The van der Waals surface area contributed by atoms with Crippen molar-refractivity contribution in [2.45, 2.75) is 88.5 Å². The average molecular weight is 440 g/mol. The first-order valence-electron chi connectivity index (χ1n) is 10.9. The molecular formula is C23H30F2O6. The maximum Gasteiger partial charge on any atom is 0.339 e. The van der Waals surface area contributed by atoms with Crippen LogP contribution < -0.4 is 0 Å². The Labute approximate surface area is 179 Å². The Morgan fingerprint density at radius 3 is 2.48 bits per heavy atom. The van der Waals surface area contributed by atoms with E-state index in [1.54, 1.807) is 27.7 Å². The summed E-state index contributed by atoms with van der Waals surface area (Å²) in [7, 11) is 0. The number of carboxylic acids is 1. The predicted molar refractivity (Wildman–Crippen MR) is 105 cm³/mol. The maximum atomic E-state index is 17.1. The number of aliphatic hydroxyl groups excluding tert-OH is 2. The fourth-order valence-corrected chi connectivity index (χ4v) is 7.79. The number of aliphatic hydroxyl groups is 2. The van der Waals surface area contributed by atoms with Gasteiger partial charge in [0.25, 0.3) is 0 Å². The largest absolute Gasteiger partial charge is 0.479 e. The zero-order chi connectivity index (χ0) is 22.8. The molecule has 1 heterocycles. The number of ether oxygens (including phenoxy) is 2. The van der Waals surface area contributed by atoms with Crippen LogP contribution in [0, 0.1) is 22.7 Å². The molecule has 0 aromatic rings. The minimum atomic E-state index is -2.21. The summed E-state index contributed by atoms with van der Waals surface area (Å²) in [5.41, 5.74) is -6.40. The number of hydrogen-bond acceptors (Lipinski definition) is 5. The zero-order valence-electron chi connectivity index (χ0n) is 18.1. The Balaban J connectivity index is 1.65. The molecule has 8 heteroatoms. The second kappa shape index (κ2) is 5.95. The highest BCUT2D eigenvalue weighted by Crippen LogP contribution is 2.72. The van der Waals surface area contributed by atoms with Crippen molar-refractivity contribution in [1.82, 2.24) is 0 Å². The highest BCUT2D eigenvalue weighted by Gasteiger charge is 2.81. The molecule has 0 bridgehead atoms. The van der Waals surface area contributed by atoms with Crippen molar-refractivity contribution in [3.8, 4) is 0 Å². The van der Waals surface area contributed by atoms with Gasteiger partial charge in [0.05, 0.1) is 12.2 Å². The van der Waals surface area contributed by atoms with E-state index in [-0.39, 0.29) is 24.8 Å². The van der Waals surface area contributed by atoms with Crippen LogP contribution in [0.25, 0.3) is 0 Å². The van der Waals surface area contributed by atoms with Crippen LogP contribution in [0.2, 0.25) is 0 Å². The standard InChI is InChI=1S/C23H30F2O6/c1-19(2)30-17-9-12-13-8-15(24)14-7-11(26)5-6-20(14,3)22(13,25)16(27)10-21(12,4)23(17,31-19)18(28)29/h5-7,11-13,15-17,26-27H,8-10H2,1-4H3,(H,28,29)/t11?,12-,13-,15-,16-,17+,20-,21-,22-,23-/m0/s1. The lowest BCUT2D eigenvalue weighted by atomic mass is 9.44. The van der Waals surface area contributed by atoms with Gasteiger partial charge in [-0.2, -0.15) is 0 Å². The molecule has 6 nitrogen and oxygen atoms in total. The molecule has 10 atom stereocenters. The van der Waals surface area contributed by atoms with Crippen molar-refractivity contribution in [2.75, 3.05) is 0 Å². The summed E-state index contributed by atoms with van der Waals surface area (Å²) < 4.78 is 44.5. The Morgan fingerprint density at radius 2 is 1.84 bits per heavy atom. The average Bonchev–Trinajstić information content (AvgIpc) is 3.06. The van der Waals surface area contributed by atoms with Crippen LogP contribution in [0.3, 0.4) is 0 Å². The van der Waals surface area contributed by atoms with Crippen molar-refractivity contribution >= 4 is 5.97 Å². The summed E-state index contributed by atoms with van der Waals surface area (Å²) in [6, 6.07) is 0. The SMILES string of the molecule is CC1(C)O[C@@H]2C[C@H]3[C@@H]4C[C@H](F)C5=CC(O)C=C[C@]5(C)[C@@]4(F)[C@@H](O)C[C@]3(C)[C@]2(C(=O)O)O1. The van der Waals surface area contributed by atoms with Gasteiger partial charge in [-0.1, -0.05) is 19.1 Å². The molecule has 0 spiro atoms. The van der Waals surface area contributed by atoms with Gasteiger partial charge in [-0.15, -0.1) is 0 Å². The van der Waals surface area contributed by atoms with Crippen LogP contribution >= 0.6 is 0 Å². The van der Waals surface area contributed by atoms with E-state index in [9.17, 15) is 20.1 Å². The van der Waals surface area contributed by atoms with Gasteiger partial charge in [-0.05, 0) is 57.6 Å². The molecule has 172 valence electrons. The number of carboxylic acid groups (broad SMARTS) is 1. The van der Waals surface area contributed by atoms with Crippen molar-refractivity contribution < 1.29 is 38.4 Å². The van der Waals surface area contributed by atoms with Gasteiger partial charge >= 0.3 is 5.97 Å². The second-order valence-corrected chi connectivity index (χ2v) is 10.9. The highest BCUT2D eigenvalue weighted by atomic mass is 19.1. The molecule has 5 rings (SSSR count). The summed E-state index contributed by atoms with van der Waals surface area (Å²) in [4.78, 5) is 12.6. The topological polar surface area (TPSA) is 96.2 Å². The summed E-state index contributed by atoms with van der Waals surface area (Å²) >= 11 is 0. The number of fused-ring (bicyclic) bond motifs is 7. The van der Waals surface area contributed by atoms with Crippen molar-refractivity contribution in [3.05, 3.63) is 23.8 Å². The van der Waals surface area contributed by atoms with Crippen LogP contribution in [0.4, 0.5) is 8.78 Å². The molecule has 0 amide bonds. The first kappa shape index (κ1) is 21.5. The molecule has 4 aliphatic carbocycles. The number of allylic oxidation sites excluding steroid dienone is 2. The third-order valence-corrected chi connectivity index (χ3v) is 9.04. The van der Waals surface area contributed by atoms with E-state index < -0.39 is 70.2 Å². The second-order valence-electron chi connectivity index (χ2n) is 10.9. The van der Waals surface area contributed by atoms with Crippen LogP contribution in [-0.4, -0.2) is 62.8 Å². The number of hydrogen-bond donors (Lipinski definition) is 3. The lowest BCUT2D eigenvalue weighted by Gasteiger charge is -2.63. The van der Waals surface area contributed by atoms with Gasteiger partial charge in [0.1, 0.15) is 12.3 Å². The number of rotatable bonds is 1. The first-order chi connectivity index (χ1) is 14.2. The van der Waals surface area contributed by atoms with E-state index in [1.807, 2.05) is 0 Å². The van der Waals surface area contributed by atoms with Gasteiger partial charge in [-0.25, -0.2) is 13.6 Å². The summed E-state index contributed by atoms with van der Waals surface area (Å²) in [5, 5.41) is 31.5. The maximum absolute atomic E-state index is 17.1. The molecule has 3 saturated carbocycles. The fraction of sp³-hybridized carbons (Fsp3) is 0.783. The molecule has 0 radical (unpaired) electrons. The third kappa shape index (κ3) is 2.27. The molecule has 0 aromatic carbocycles. The lowest BCUT2D eigenvalue weighted by Crippen LogP contribution is -2.70. The van der Waals surface area contributed by atoms with Gasteiger partial charge in [0.2, 0.25) is 0 Å². The minimum Gasteiger partial charge on any atom is -0.479 e. The van der Waals surface area contributed by atoms with Crippen molar-refractivity contribution in [1.29, 1.82) is 0 Å². The van der Waals surface area contributed by atoms with E-state index >= 15 is 8.78 Å². The molecule has 1 saturated heterocycles. The summed E-state index contributed by atoms with van der Waals surface area (Å²) in [5.74, 6) is -3.83. The number of alkyl halides is 2.